The van der Waals surface area contributed by atoms with Crippen molar-refractivity contribution in [1.29, 1.82) is 0 Å². The minimum absolute atomic E-state index is 0.0784. The molecule has 3 aromatic rings. The summed E-state index contributed by atoms with van der Waals surface area (Å²) in [5, 5.41) is 3.02. The first-order valence-corrected chi connectivity index (χ1v) is 15.7. The van der Waals surface area contributed by atoms with E-state index in [2.05, 4.69) is 21.2 Å². The molecule has 0 unspecified atom stereocenters. The van der Waals surface area contributed by atoms with Crippen molar-refractivity contribution in [3.8, 4) is 5.75 Å². The van der Waals surface area contributed by atoms with Crippen molar-refractivity contribution < 1.29 is 22.7 Å². The molecule has 8 nitrogen and oxygen atoms in total. The highest BCUT2D eigenvalue weighted by atomic mass is 79.9. The zero-order valence-corrected chi connectivity index (χ0v) is 25.6. The summed E-state index contributed by atoms with van der Waals surface area (Å²) < 4.78 is 32.8. The van der Waals surface area contributed by atoms with Crippen LogP contribution in [-0.2, 0) is 32.6 Å². The van der Waals surface area contributed by atoms with E-state index in [1.165, 1.54) is 4.90 Å². The molecule has 3 rings (SSSR count). The van der Waals surface area contributed by atoms with Crippen molar-refractivity contribution in [2.45, 2.75) is 45.3 Å². The molecule has 0 aliphatic heterocycles. The van der Waals surface area contributed by atoms with E-state index < -0.39 is 28.5 Å². The summed E-state index contributed by atoms with van der Waals surface area (Å²) >= 11 is 3.41. The molecule has 10 heteroatoms. The first-order chi connectivity index (χ1) is 19.0. The van der Waals surface area contributed by atoms with Gasteiger partial charge in [0.1, 0.15) is 18.3 Å². The molecule has 0 aromatic heterocycles. The highest BCUT2D eigenvalue weighted by Crippen LogP contribution is 2.28. The van der Waals surface area contributed by atoms with E-state index in [1.54, 1.807) is 43.5 Å². The zero-order valence-electron chi connectivity index (χ0n) is 23.2. The van der Waals surface area contributed by atoms with E-state index in [9.17, 15) is 18.0 Å². The molecule has 0 heterocycles. The quantitative estimate of drug-likeness (QED) is 0.294. The van der Waals surface area contributed by atoms with E-state index in [1.807, 2.05) is 56.3 Å². The molecule has 1 N–H and O–H groups in total. The fraction of sp³-hybridized carbons (Fsp3) is 0.333. The summed E-state index contributed by atoms with van der Waals surface area (Å²) in [6, 6.07) is 22.5. The van der Waals surface area contributed by atoms with Gasteiger partial charge in [-0.1, -0.05) is 61.5 Å². The third-order valence-corrected chi connectivity index (χ3v) is 8.36. The number of nitrogens with zero attached hydrogens (tertiary/aromatic N) is 2. The van der Waals surface area contributed by atoms with E-state index in [-0.39, 0.29) is 24.9 Å². The molecular weight excluding hydrogens is 594 g/mol. The molecule has 0 saturated carbocycles. The number of nitrogens with one attached hydrogen (secondary N) is 1. The number of hydrogen-bond donors (Lipinski definition) is 1. The lowest BCUT2D eigenvalue weighted by Crippen LogP contribution is -2.54. The molecule has 0 radical (unpaired) electrons. The van der Waals surface area contributed by atoms with Gasteiger partial charge in [0.05, 0.1) is 19.1 Å². The van der Waals surface area contributed by atoms with Crippen LogP contribution in [0.25, 0.3) is 0 Å². The number of carbonyl (C=O) groups excluding carboxylic acids is 2. The van der Waals surface area contributed by atoms with Crippen molar-refractivity contribution >= 4 is 43.5 Å². The average Bonchev–Trinajstić information content (AvgIpc) is 2.93. The second-order valence-corrected chi connectivity index (χ2v) is 12.4. The molecule has 40 heavy (non-hydrogen) atoms. The summed E-state index contributed by atoms with van der Waals surface area (Å²) in [7, 11) is -2.29. The second-order valence-electron chi connectivity index (χ2n) is 9.62. The monoisotopic (exact) mass is 629 g/mol. The minimum atomic E-state index is -3.85. The molecule has 0 aliphatic carbocycles. The summed E-state index contributed by atoms with van der Waals surface area (Å²) in [4.78, 5) is 29.3. The van der Waals surface area contributed by atoms with Gasteiger partial charge in [0.15, 0.2) is 0 Å². The lowest BCUT2D eigenvalue weighted by atomic mass is 10.0. The number of methoxy groups -OCH3 is 1. The Kier molecular flexibility index (Phi) is 11.2. The smallest absolute Gasteiger partial charge is 0.244 e. The van der Waals surface area contributed by atoms with Gasteiger partial charge in [-0.15, -0.1) is 0 Å². The Bertz CT molecular complexity index is 1400. The van der Waals surface area contributed by atoms with Gasteiger partial charge >= 0.3 is 0 Å². The molecular formula is C30H36BrN3O5S. The lowest BCUT2D eigenvalue weighted by Gasteiger charge is -2.34. The lowest BCUT2D eigenvalue weighted by molar-refractivity contribution is -0.140. The number of sulfonamides is 1. The van der Waals surface area contributed by atoms with Crippen molar-refractivity contribution in [1.82, 2.24) is 10.2 Å². The van der Waals surface area contributed by atoms with Gasteiger partial charge in [-0.3, -0.25) is 13.9 Å². The van der Waals surface area contributed by atoms with Crippen molar-refractivity contribution in [3.05, 3.63) is 94.5 Å². The molecule has 0 fully saturated rings. The highest BCUT2D eigenvalue weighted by Gasteiger charge is 2.33. The first kappa shape index (κ1) is 31.2. The van der Waals surface area contributed by atoms with Gasteiger partial charge < -0.3 is 15.0 Å². The van der Waals surface area contributed by atoms with Crippen LogP contribution in [0.2, 0.25) is 0 Å². The Morgan fingerprint density at radius 1 is 0.975 bits per heavy atom. The van der Waals surface area contributed by atoms with Crippen LogP contribution >= 0.6 is 15.9 Å². The maximum Gasteiger partial charge on any atom is 0.244 e. The molecule has 3 aromatic carbocycles. The molecule has 2 amide bonds. The van der Waals surface area contributed by atoms with Crippen molar-refractivity contribution in [2.75, 3.05) is 24.2 Å². The number of anilines is 1. The van der Waals surface area contributed by atoms with Crippen molar-refractivity contribution in [3.63, 3.8) is 0 Å². The predicted molar refractivity (Wildman–Crippen MR) is 162 cm³/mol. The number of rotatable bonds is 13. The summed E-state index contributed by atoms with van der Waals surface area (Å²) in [5.74, 6) is -0.204. The molecule has 214 valence electrons. The third kappa shape index (κ3) is 8.56. The largest absolute Gasteiger partial charge is 0.497 e. The second kappa shape index (κ2) is 14.3. The normalized spacial score (nSPS) is 12.7. The maximum atomic E-state index is 14.1. The van der Waals surface area contributed by atoms with Gasteiger partial charge in [-0.05, 0) is 64.7 Å². The van der Waals surface area contributed by atoms with E-state index >= 15 is 0 Å². The summed E-state index contributed by atoms with van der Waals surface area (Å²) in [5.41, 5.74) is 1.96. The Balaban J connectivity index is 2.08. The number of hydrogen-bond acceptors (Lipinski definition) is 5. The Morgan fingerprint density at radius 3 is 2.25 bits per heavy atom. The highest BCUT2D eigenvalue weighted by molar-refractivity contribution is 9.10. The molecule has 0 bridgehead atoms. The van der Waals surface area contributed by atoms with Crippen LogP contribution < -0.4 is 14.4 Å². The van der Waals surface area contributed by atoms with Crippen LogP contribution in [0.3, 0.4) is 0 Å². The maximum absolute atomic E-state index is 14.1. The Morgan fingerprint density at radius 2 is 1.62 bits per heavy atom. The van der Waals surface area contributed by atoms with Gasteiger partial charge in [0.25, 0.3) is 0 Å². The summed E-state index contributed by atoms with van der Waals surface area (Å²) in [6.07, 6.45) is 2.04. The fourth-order valence-corrected chi connectivity index (χ4v) is 5.69. The topological polar surface area (TPSA) is 96.0 Å². The van der Waals surface area contributed by atoms with Gasteiger partial charge in [-0.25, -0.2) is 8.42 Å². The van der Waals surface area contributed by atoms with Gasteiger partial charge in [0, 0.05) is 23.5 Å². The zero-order chi connectivity index (χ0) is 29.3. The van der Waals surface area contributed by atoms with Gasteiger partial charge in [0.2, 0.25) is 21.8 Å². The van der Waals surface area contributed by atoms with Crippen LogP contribution in [0.1, 0.15) is 31.4 Å². The number of amides is 2. The average molecular weight is 631 g/mol. The Hall–Kier alpha value is -3.37. The Labute approximate surface area is 245 Å². The number of ether oxygens (including phenoxy) is 1. The molecule has 0 spiro atoms. The van der Waals surface area contributed by atoms with Crippen LogP contribution in [0, 0.1) is 0 Å². The third-order valence-electron chi connectivity index (χ3n) is 6.56. The first-order valence-electron chi connectivity index (χ1n) is 13.0. The van der Waals surface area contributed by atoms with Crippen LogP contribution in [0.4, 0.5) is 5.69 Å². The van der Waals surface area contributed by atoms with E-state index in [4.69, 9.17) is 4.74 Å². The molecule has 0 aliphatic rings. The molecule has 0 saturated heterocycles. The van der Waals surface area contributed by atoms with E-state index in [0.717, 1.165) is 28.1 Å². The van der Waals surface area contributed by atoms with Crippen molar-refractivity contribution in [2.24, 2.45) is 0 Å². The van der Waals surface area contributed by atoms with Crippen LogP contribution in [-0.4, -0.2) is 57.1 Å². The number of para-hydroxylation sites is 1. The number of carbonyl (C=O) groups is 2. The molecule has 2 atom stereocenters. The van der Waals surface area contributed by atoms with Gasteiger partial charge in [-0.2, -0.15) is 0 Å². The minimum Gasteiger partial charge on any atom is -0.497 e. The standard InChI is InChI=1S/C30H36BrN3O5S/c1-5-22(2)32-30(36)28(19-23-12-7-6-8-13-23)33(20-24-14-11-15-25(18-24)39-3)29(35)21-34(40(4,37)38)27-17-10-9-16-26(27)31/h6-18,22,28H,5,19-21H2,1-4H3,(H,32,36)/t22-,28+/m0/s1. The van der Waals surface area contributed by atoms with Crippen LogP contribution in [0.15, 0.2) is 83.3 Å². The van der Waals surface area contributed by atoms with Crippen LogP contribution in [0.5, 0.6) is 5.75 Å². The predicted octanol–water partition coefficient (Wildman–Crippen LogP) is 4.78. The summed E-state index contributed by atoms with van der Waals surface area (Å²) in [6.45, 7) is 3.48. The number of halogens is 1. The van der Waals surface area contributed by atoms with E-state index in [0.29, 0.717) is 15.9 Å². The fourth-order valence-electron chi connectivity index (χ4n) is 4.21. The number of benzene rings is 3. The SMILES string of the molecule is CC[C@H](C)NC(=O)[C@@H](Cc1ccccc1)N(Cc1cccc(OC)c1)C(=O)CN(c1ccccc1Br)S(C)(=O)=O.